The average molecular weight is 285 g/mol. The lowest BCUT2D eigenvalue weighted by Crippen LogP contribution is -2.37. The van der Waals surface area contributed by atoms with Crippen LogP contribution in [0.3, 0.4) is 0 Å². The largest absolute Gasteiger partial charge is 0.352 e. The van der Waals surface area contributed by atoms with Gasteiger partial charge >= 0.3 is 0 Å². The van der Waals surface area contributed by atoms with Gasteiger partial charge in [0.1, 0.15) is 0 Å². The molecule has 1 aliphatic rings. The minimum absolute atomic E-state index is 0.110. The van der Waals surface area contributed by atoms with Gasteiger partial charge < -0.3 is 10.2 Å². The maximum absolute atomic E-state index is 11.9. The maximum atomic E-state index is 11.9. The minimum atomic E-state index is 0.110. The molecule has 112 valence electrons. The van der Waals surface area contributed by atoms with Crippen LogP contribution in [-0.4, -0.2) is 30.4 Å². The van der Waals surface area contributed by atoms with Crippen LogP contribution in [-0.2, 0) is 11.3 Å². The number of benzene rings is 1. The minimum Gasteiger partial charge on any atom is -0.352 e. The molecule has 0 unspecified atom stereocenters. The average Bonchev–Trinajstić information content (AvgIpc) is 2.52. The summed E-state index contributed by atoms with van der Waals surface area (Å²) in [7, 11) is 2.15. The Morgan fingerprint density at radius 3 is 2.81 bits per heavy atom. The summed E-state index contributed by atoms with van der Waals surface area (Å²) in [6.07, 6.45) is 5.29. The second-order valence-electron chi connectivity index (χ2n) is 5.75. The van der Waals surface area contributed by atoms with E-state index in [9.17, 15) is 4.79 Å². The first kappa shape index (κ1) is 15.5. The Hall–Kier alpha value is -1.86. The first-order valence-electron chi connectivity index (χ1n) is 7.65. The molecule has 2 rings (SSSR count). The molecule has 1 amide bonds. The van der Waals surface area contributed by atoms with Crippen molar-refractivity contribution in [1.29, 1.82) is 5.26 Å². The lowest BCUT2D eigenvalue weighted by molar-refractivity contribution is -0.121. The molecule has 1 aromatic rings. The zero-order chi connectivity index (χ0) is 15.1. The molecule has 0 saturated carbocycles. The van der Waals surface area contributed by atoms with Gasteiger partial charge in [0.15, 0.2) is 0 Å². The molecule has 0 bridgehead atoms. The molecule has 1 fully saturated rings. The molecule has 1 aromatic carbocycles. The highest BCUT2D eigenvalue weighted by molar-refractivity contribution is 5.75. The zero-order valence-electron chi connectivity index (χ0n) is 12.6. The molecule has 1 atom stereocenters. The second kappa shape index (κ2) is 7.80. The Kier molecular flexibility index (Phi) is 5.77. The quantitative estimate of drug-likeness (QED) is 0.904. The Balaban J connectivity index is 1.70. The lowest BCUT2D eigenvalue weighted by Gasteiger charge is -2.32. The highest BCUT2D eigenvalue weighted by Crippen LogP contribution is 2.18. The summed E-state index contributed by atoms with van der Waals surface area (Å²) < 4.78 is 0. The van der Waals surface area contributed by atoms with E-state index in [-0.39, 0.29) is 5.91 Å². The SMILES string of the molecule is CN1CCCC[C@H]1CCC(=O)NCc1ccc(C#N)cc1. The van der Waals surface area contributed by atoms with Gasteiger partial charge in [-0.15, -0.1) is 0 Å². The van der Waals surface area contributed by atoms with Gasteiger partial charge in [0, 0.05) is 19.0 Å². The lowest BCUT2D eigenvalue weighted by atomic mass is 9.98. The summed E-state index contributed by atoms with van der Waals surface area (Å²) in [6, 6.07) is 9.96. The maximum Gasteiger partial charge on any atom is 0.220 e. The summed E-state index contributed by atoms with van der Waals surface area (Å²) >= 11 is 0. The number of hydrogen-bond acceptors (Lipinski definition) is 3. The predicted molar refractivity (Wildman–Crippen MR) is 82.5 cm³/mol. The molecule has 1 saturated heterocycles. The number of amides is 1. The molecular weight excluding hydrogens is 262 g/mol. The van der Waals surface area contributed by atoms with Gasteiger partial charge in [-0.3, -0.25) is 4.79 Å². The topological polar surface area (TPSA) is 56.1 Å². The Labute approximate surface area is 126 Å². The molecule has 4 heteroatoms. The van der Waals surface area contributed by atoms with E-state index in [1.54, 1.807) is 12.1 Å². The Morgan fingerprint density at radius 1 is 1.38 bits per heavy atom. The van der Waals surface area contributed by atoms with Gasteiger partial charge in [0.2, 0.25) is 5.91 Å². The van der Waals surface area contributed by atoms with Crippen LogP contribution in [0, 0.1) is 11.3 Å². The molecule has 0 radical (unpaired) electrons. The van der Waals surface area contributed by atoms with Crippen LogP contribution >= 0.6 is 0 Å². The van der Waals surface area contributed by atoms with Gasteiger partial charge in [0.05, 0.1) is 11.6 Å². The number of piperidine rings is 1. The first-order chi connectivity index (χ1) is 10.2. The molecule has 0 aromatic heterocycles. The molecule has 0 spiro atoms. The normalized spacial score (nSPS) is 19.0. The highest BCUT2D eigenvalue weighted by Gasteiger charge is 2.19. The van der Waals surface area contributed by atoms with E-state index < -0.39 is 0 Å². The van der Waals surface area contributed by atoms with Crippen LogP contribution in [0.25, 0.3) is 0 Å². The third kappa shape index (κ3) is 4.87. The van der Waals surface area contributed by atoms with Crippen molar-refractivity contribution >= 4 is 5.91 Å². The summed E-state index contributed by atoms with van der Waals surface area (Å²) in [5.74, 6) is 0.110. The fourth-order valence-corrected chi connectivity index (χ4v) is 2.79. The van der Waals surface area contributed by atoms with Gasteiger partial charge in [-0.2, -0.15) is 5.26 Å². The monoisotopic (exact) mass is 285 g/mol. The third-order valence-corrected chi connectivity index (χ3v) is 4.20. The number of likely N-dealkylation sites (tertiary alicyclic amines) is 1. The van der Waals surface area contributed by atoms with E-state index in [1.165, 1.54) is 19.3 Å². The van der Waals surface area contributed by atoms with E-state index in [1.807, 2.05) is 12.1 Å². The zero-order valence-corrected chi connectivity index (χ0v) is 12.6. The summed E-state index contributed by atoms with van der Waals surface area (Å²) in [5.41, 5.74) is 1.67. The van der Waals surface area contributed by atoms with Gasteiger partial charge in [-0.25, -0.2) is 0 Å². The molecule has 1 heterocycles. The number of carbonyl (C=O) groups excluding carboxylic acids is 1. The second-order valence-corrected chi connectivity index (χ2v) is 5.75. The van der Waals surface area contributed by atoms with Crippen molar-refractivity contribution in [2.24, 2.45) is 0 Å². The standard InChI is InChI=1S/C17H23N3O/c1-20-11-3-2-4-16(20)9-10-17(21)19-13-15-7-5-14(12-18)6-8-15/h5-8,16H,2-4,9-11,13H2,1H3,(H,19,21)/t16-/m0/s1. The molecule has 0 aliphatic carbocycles. The van der Waals surface area contributed by atoms with E-state index in [0.29, 0.717) is 24.6 Å². The van der Waals surface area contributed by atoms with Crippen molar-refractivity contribution in [2.45, 2.75) is 44.7 Å². The molecule has 4 nitrogen and oxygen atoms in total. The number of rotatable bonds is 5. The van der Waals surface area contributed by atoms with Crippen molar-refractivity contribution < 1.29 is 4.79 Å². The molecule has 1 aliphatic heterocycles. The van der Waals surface area contributed by atoms with Crippen molar-refractivity contribution in [3.05, 3.63) is 35.4 Å². The van der Waals surface area contributed by atoms with Gasteiger partial charge in [-0.1, -0.05) is 18.6 Å². The van der Waals surface area contributed by atoms with Gasteiger partial charge in [-0.05, 0) is 50.6 Å². The van der Waals surface area contributed by atoms with E-state index in [0.717, 1.165) is 18.5 Å². The summed E-state index contributed by atoms with van der Waals surface area (Å²) in [4.78, 5) is 14.3. The number of carbonyl (C=O) groups is 1. The van der Waals surface area contributed by atoms with Gasteiger partial charge in [0.25, 0.3) is 0 Å². The van der Waals surface area contributed by atoms with Crippen molar-refractivity contribution in [3.63, 3.8) is 0 Å². The smallest absolute Gasteiger partial charge is 0.220 e. The van der Waals surface area contributed by atoms with Crippen LogP contribution in [0.4, 0.5) is 0 Å². The number of nitrogens with zero attached hydrogens (tertiary/aromatic N) is 2. The fraction of sp³-hybridized carbons (Fsp3) is 0.529. The van der Waals surface area contributed by atoms with E-state index in [2.05, 4.69) is 23.3 Å². The van der Waals surface area contributed by atoms with Crippen LogP contribution < -0.4 is 5.32 Å². The van der Waals surface area contributed by atoms with Crippen molar-refractivity contribution in [1.82, 2.24) is 10.2 Å². The van der Waals surface area contributed by atoms with Crippen LogP contribution in [0.5, 0.6) is 0 Å². The Bertz CT molecular complexity index is 504. The Morgan fingerprint density at radius 2 is 2.14 bits per heavy atom. The molecule has 1 N–H and O–H groups in total. The van der Waals surface area contributed by atoms with Crippen LogP contribution in [0.15, 0.2) is 24.3 Å². The molecule has 21 heavy (non-hydrogen) atoms. The molecular formula is C17H23N3O. The van der Waals surface area contributed by atoms with Crippen molar-refractivity contribution in [2.75, 3.05) is 13.6 Å². The highest BCUT2D eigenvalue weighted by atomic mass is 16.1. The summed E-state index contributed by atoms with van der Waals surface area (Å²) in [5, 5.41) is 11.7. The number of nitrogens with one attached hydrogen (secondary N) is 1. The predicted octanol–water partition coefficient (Wildman–Crippen LogP) is 2.44. The van der Waals surface area contributed by atoms with E-state index >= 15 is 0 Å². The van der Waals surface area contributed by atoms with Crippen LogP contribution in [0.1, 0.15) is 43.2 Å². The number of hydrogen-bond donors (Lipinski definition) is 1. The number of nitriles is 1. The first-order valence-corrected chi connectivity index (χ1v) is 7.65. The van der Waals surface area contributed by atoms with Crippen LogP contribution in [0.2, 0.25) is 0 Å². The van der Waals surface area contributed by atoms with Crippen molar-refractivity contribution in [3.8, 4) is 6.07 Å². The van der Waals surface area contributed by atoms with E-state index in [4.69, 9.17) is 5.26 Å². The third-order valence-electron chi connectivity index (χ3n) is 4.20. The summed E-state index contributed by atoms with van der Waals surface area (Å²) in [6.45, 7) is 1.68. The fourth-order valence-electron chi connectivity index (χ4n) is 2.79.